The van der Waals surface area contributed by atoms with Crippen molar-refractivity contribution < 1.29 is 14.3 Å². The van der Waals surface area contributed by atoms with Crippen LogP contribution in [-0.4, -0.2) is 12.0 Å². The second-order valence-corrected chi connectivity index (χ2v) is 0.910. The van der Waals surface area contributed by atoms with Gasteiger partial charge in [-0.1, -0.05) is 13.2 Å². The van der Waals surface area contributed by atoms with Crippen LogP contribution in [0.5, 0.6) is 0 Å². The van der Waals surface area contributed by atoms with E-state index >= 15 is 0 Å². The molecule has 0 aliphatic carbocycles. The predicted molar refractivity (Wildman–Crippen MR) is 34.9 cm³/mol. The predicted octanol–water partition coefficient (Wildman–Crippen LogP) is 0.760. The van der Waals surface area contributed by atoms with Crippen molar-refractivity contribution >= 4 is 12.0 Å². The molecule has 0 radical (unpaired) electrons. The van der Waals surface area contributed by atoms with E-state index in [0.29, 0.717) is 0 Å². The molecule has 0 rings (SSSR count). The van der Waals surface area contributed by atoms with E-state index in [-0.39, 0.29) is 0 Å². The Kier molecular flexibility index (Phi) is 11.5. The molecule has 1 N–H and O–H groups in total. The lowest BCUT2D eigenvalue weighted by Gasteiger charge is -1.85. The summed E-state index contributed by atoms with van der Waals surface area (Å²) in [6.45, 7) is 6.31. The maximum absolute atomic E-state index is 10.0. The van der Waals surface area contributed by atoms with Gasteiger partial charge in [0.25, 0.3) is 0 Å². The van der Waals surface area contributed by atoms with Crippen molar-refractivity contribution in [2.75, 3.05) is 0 Å². The second-order valence-electron chi connectivity index (χ2n) is 0.910. The smallest absolute Gasteiger partial charge is 0.334 e. The minimum atomic E-state index is -0.477. The molecule has 0 aromatic heterocycles. The van der Waals surface area contributed by atoms with Crippen LogP contribution in [0.1, 0.15) is 0 Å². The summed E-state index contributed by atoms with van der Waals surface area (Å²) < 4.78 is 4.20. The third-order valence-electron chi connectivity index (χ3n) is 0.366. The maximum atomic E-state index is 10.0. The van der Waals surface area contributed by atoms with Gasteiger partial charge in [-0.05, 0) is 0 Å². The molecule has 0 unspecified atom stereocenters. The summed E-state index contributed by atoms with van der Waals surface area (Å²) in [5.74, 6) is -0.477. The Morgan fingerprint density at radius 2 is 2.00 bits per heavy atom. The van der Waals surface area contributed by atoms with Gasteiger partial charge in [-0.15, -0.1) is 0 Å². The fourth-order valence-corrected chi connectivity index (χ4v) is 0.130. The van der Waals surface area contributed by atoms with E-state index in [1.54, 1.807) is 0 Å². The molecule has 10 heavy (non-hydrogen) atoms. The fourth-order valence-electron chi connectivity index (χ4n) is 0.130. The SMILES string of the molecule is C=COC(=O)C=C.N=C=O. The van der Waals surface area contributed by atoms with Crippen molar-refractivity contribution in [1.82, 2.24) is 0 Å². The first-order valence-corrected chi connectivity index (χ1v) is 2.20. The van der Waals surface area contributed by atoms with Gasteiger partial charge < -0.3 is 4.74 Å². The van der Waals surface area contributed by atoms with Crippen LogP contribution in [0.4, 0.5) is 0 Å². The molecule has 0 spiro atoms. The summed E-state index contributed by atoms with van der Waals surface area (Å²) in [5.41, 5.74) is 0. The van der Waals surface area contributed by atoms with Crippen LogP contribution in [0.25, 0.3) is 0 Å². The largest absolute Gasteiger partial charge is 0.432 e. The zero-order valence-corrected chi connectivity index (χ0v) is 5.29. The molecule has 0 aliphatic heterocycles. The molecule has 0 saturated carbocycles. The number of nitrogens with one attached hydrogen (secondary N) is 1. The highest BCUT2D eigenvalue weighted by molar-refractivity contribution is 5.81. The zero-order valence-electron chi connectivity index (χ0n) is 5.29. The standard InChI is InChI=1S/C5H6O2.CHNO/c1-3-5(6)7-4-2;2-1-3/h3-4H,1-2H2;2H. The van der Waals surface area contributed by atoms with Crippen molar-refractivity contribution in [3.8, 4) is 0 Å². The van der Waals surface area contributed by atoms with Gasteiger partial charge in [-0.25, -0.2) is 15.0 Å². The minimum Gasteiger partial charge on any atom is -0.432 e. The van der Waals surface area contributed by atoms with E-state index in [1.165, 1.54) is 0 Å². The fraction of sp³-hybridized carbons (Fsp3) is 0. The number of ether oxygens (including phenoxy) is 1. The molecule has 0 aromatic rings. The number of isocyanates is 1. The quantitative estimate of drug-likeness (QED) is 0.203. The van der Waals surface area contributed by atoms with Gasteiger partial charge in [0, 0.05) is 6.08 Å². The molecule has 0 heterocycles. The van der Waals surface area contributed by atoms with Gasteiger partial charge in [0.15, 0.2) is 0 Å². The van der Waals surface area contributed by atoms with Gasteiger partial charge in [-0.3, -0.25) is 0 Å². The highest BCUT2D eigenvalue weighted by Crippen LogP contribution is 1.75. The summed E-state index contributed by atoms with van der Waals surface area (Å²) in [6.07, 6.45) is 2.88. The maximum Gasteiger partial charge on any atom is 0.334 e. The minimum absolute atomic E-state index is 0.477. The van der Waals surface area contributed by atoms with Crippen molar-refractivity contribution in [2.24, 2.45) is 0 Å². The van der Waals surface area contributed by atoms with Crippen molar-refractivity contribution in [1.29, 1.82) is 5.41 Å². The van der Waals surface area contributed by atoms with E-state index in [4.69, 9.17) is 10.2 Å². The van der Waals surface area contributed by atoms with Crippen LogP contribution in [0.15, 0.2) is 25.5 Å². The number of hydrogen-bond donors (Lipinski definition) is 1. The number of rotatable bonds is 2. The molecule has 4 nitrogen and oxygen atoms in total. The molecular weight excluding hydrogens is 134 g/mol. The number of esters is 1. The average molecular weight is 141 g/mol. The molecule has 0 aromatic carbocycles. The number of carbonyl (C=O) groups is 1. The first-order chi connectivity index (χ1) is 4.72. The molecular formula is C6H7NO3. The normalized spacial score (nSPS) is 5.60. The van der Waals surface area contributed by atoms with Crippen LogP contribution in [-0.2, 0) is 14.3 Å². The van der Waals surface area contributed by atoms with Crippen LogP contribution >= 0.6 is 0 Å². The van der Waals surface area contributed by atoms with Crippen LogP contribution < -0.4 is 0 Å². The molecule has 0 saturated heterocycles. The molecule has 54 valence electrons. The molecule has 0 bridgehead atoms. The third-order valence-corrected chi connectivity index (χ3v) is 0.366. The molecule has 0 fully saturated rings. The lowest BCUT2D eigenvalue weighted by atomic mass is 10.7. The zero-order chi connectivity index (χ0) is 8.41. The average Bonchev–Trinajstić information content (AvgIpc) is 1.90. The first-order valence-electron chi connectivity index (χ1n) is 2.20. The monoisotopic (exact) mass is 141 g/mol. The van der Waals surface area contributed by atoms with Crippen LogP contribution in [0, 0.1) is 5.41 Å². The summed E-state index contributed by atoms with van der Waals surface area (Å²) >= 11 is 0. The van der Waals surface area contributed by atoms with Crippen LogP contribution in [0.3, 0.4) is 0 Å². The van der Waals surface area contributed by atoms with E-state index in [2.05, 4.69) is 17.9 Å². The van der Waals surface area contributed by atoms with E-state index in [9.17, 15) is 4.79 Å². The summed E-state index contributed by atoms with van der Waals surface area (Å²) in [6, 6.07) is 0. The highest BCUT2D eigenvalue weighted by atomic mass is 16.5. The second kappa shape index (κ2) is 10.3. The molecule has 0 atom stereocenters. The van der Waals surface area contributed by atoms with Gasteiger partial charge >= 0.3 is 5.97 Å². The molecule has 4 heteroatoms. The Morgan fingerprint density at radius 1 is 1.60 bits per heavy atom. The number of carbonyl (C=O) groups excluding carboxylic acids is 2. The topological polar surface area (TPSA) is 67.2 Å². The highest BCUT2D eigenvalue weighted by Gasteiger charge is 1.84. The number of hydrogen-bond acceptors (Lipinski definition) is 4. The summed E-state index contributed by atoms with van der Waals surface area (Å²) in [7, 11) is 0. The van der Waals surface area contributed by atoms with Crippen molar-refractivity contribution in [3.05, 3.63) is 25.5 Å². The Bertz CT molecular complexity index is 156. The van der Waals surface area contributed by atoms with E-state index < -0.39 is 5.97 Å². The van der Waals surface area contributed by atoms with E-state index in [0.717, 1.165) is 18.4 Å². The lowest BCUT2D eigenvalue weighted by Crippen LogP contribution is -1.90. The van der Waals surface area contributed by atoms with Crippen molar-refractivity contribution in [3.63, 3.8) is 0 Å². The molecule has 0 aliphatic rings. The van der Waals surface area contributed by atoms with Crippen LogP contribution in [0.2, 0.25) is 0 Å². The summed E-state index contributed by atoms with van der Waals surface area (Å²) in [4.78, 5) is 18.3. The summed E-state index contributed by atoms with van der Waals surface area (Å²) in [5, 5.41) is 5.40. The van der Waals surface area contributed by atoms with Gasteiger partial charge in [0.2, 0.25) is 6.08 Å². The molecule has 0 amide bonds. The Hall–Kier alpha value is -1.67. The Balaban J connectivity index is 0. The van der Waals surface area contributed by atoms with Gasteiger partial charge in [-0.2, -0.15) is 0 Å². The Labute approximate surface area is 58.3 Å². The third kappa shape index (κ3) is 16.2. The van der Waals surface area contributed by atoms with Gasteiger partial charge in [0.1, 0.15) is 0 Å². The first kappa shape index (κ1) is 11.2. The Morgan fingerprint density at radius 3 is 2.10 bits per heavy atom. The lowest BCUT2D eigenvalue weighted by molar-refractivity contribution is -0.132. The van der Waals surface area contributed by atoms with Crippen molar-refractivity contribution in [2.45, 2.75) is 0 Å². The van der Waals surface area contributed by atoms with Gasteiger partial charge in [0.05, 0.1) is 6.26 Å². The van der Waals surface area contributed by atoms with E-state index in [1.807, 2.05) is 0 Å².